The number of ether oxygens (including phenoxy) is 1. The minimum Gasteiger partial charge on any atom is -0.462 e. The van der Waals surface area contributed by atoms with Gasteiger partial charge >= 0.3 is 13.6 Å². The first-order valence-electron chi connectivity index (χ1n) is 22.5. The lowest BCUT2D eigenvalue weighted by Gasteiger charge is -2.71. The van der Waals surface area contributed by atoms with Gasteiger partial charge in [-0.2, -0.15) is 0 Å². The van der Waals surface area contributed by atoms with E-state index in [9.17, 15) is 4.79 Å². The molecular formula is C51H64Cl2NO6P. The van der Waals surface area contributed by atoms with Crippen LogP contribution in [0.3, 0.4) is 0 Å². The molecule has 4 saturated carbocycles. The molecule has 0 aromatic heterocycles. The summed E-state index contributed by atoms with van der Waals surface area (Å²) in [5, 5.41) is 4.04. The first-order valence-corrected chi connectivity index (χ1v) is 24.9. The zero-order chi connectivity index (χ0) is 43.8. The molecule has 61 heavy (non-hydrogen) atoms. The van der Waals surface area contributed by atoms with Crippen molar-refractivity contribution in [1.29, 1.82) is 0 Å². The van der Waals surface area contributed by atoms with Crippen molar-refractivity contribution in [3.63, 3.8) is 0 Å². The number of halogens is 2. The molecule has 0 aliphatic heterocycles. The molecule has 3 aromatic rings. The van der Waals surface area contributed by atoms with E-state index in [2.05, 4.69) is 59.9 Å². The van der Waals surface area contributed by atoms with E-state index in [1.54, 1.807) is 42.5 Å². The number of benzene rings is 3. The summed E-state index contributed by atoms with van der Waals surface area (Å²) in [6.07, 6.45) is 10.8. The Balaban J connectivity index is 1.19. The van der Waals surface area contributed by atoms with Gasteiger partial charge in [-0.05, 0) is 140 Å². The quantitative estimate of drug-likeness (QED) is 0.131. The van der Waals surface area contributed by atoms with Gasteiger partial charge in [-0.25, -0.2) is 4.57 Å². The largest absolute Gasteiger partial charge is 0.462 e. The number of rotatable bonds is 9. The van der Waals surface area contributed by atoms with Crippen LogP contribution in [-0.2, 0) is 18.9 Å². The third-order valence-corrected chi connectivity index (χ3v) is 20.0. The van der Waals surface area contributed by atoms with Crippen LogP contribution in [-0.4, -0.2) is 18.0 Å². The van der Waals surface area contributed by atoms with E-state index in [-0.39, 0.29) is 56.5 Å². The van der Waals surface area contributed by atoms with Crippen LogP contribution >= 0.6 is 30.8 Å². The minimum absolute atomic E-state index is 0.0117. The van der Waals surface area contributed by atoms with Crippen molar-refractivity contribution >= 4 is 42.7 Å². The van der Waals surface area contributed by atoms with Crippen LogP contribution in [0.4, 0.5) is 0 Å². The first kappa shape index (κ1) is 44.4. The molecule has 1 amide bonds. The minimum atomic E-state index is -4.34. The van der Waals surface area contributed by atoms with Gasteiger partial charge in [0, 0.05) is 27.9 Å². The Morgan fingerprint density at radius 1 is 0.787 bits per heavy atom. The molecule has 5 aliphatic carbocycles. The van der Waals surface area contributed by atoms with Crippen molar-refractivity contribution in [1.82, 2.24) is 5.32 Å². The van der Waals surface area contributed by atoms with Crippen molar-refractivity contribution < 1.29 is 27.9 Å². The van der Waals surface area contributed by atoms with Gasteiger partial charge < -0.3 is 19.1 Å². The highest BCUT2D eigenvalue weighted by molar-refractivity contribution is 7.55. The molecule has 1 N–H and O–H groups in total. The molecule has 4 fully saturated rings. The molecular weight excluding hydrogens is 824 g/mol. The van der Waals surface area contributed by atoms with Crippen LogP contribution in [0.15, 0.2) is 90.5 Å². The van der Waals surface area contributed by atoms with E-state index in [1.165, 1.54) is 12.5 Å². The number of carbonyl (C=O) groups excluding carboxylic acids is 2. The number of amides is 1. The molecule has 328 valence electrons. The van der Waals surface area contributed by atoms with Crippen LogP contribution in [0, 0.1) is 56.7 Å². The Morgan fingerprint density at radius 2 is 1.43 bits per heavy atom. The number of fused-ring (bicyclic) bond motifs is 7. The van der Waals surface area contributed by atoms with Crippen molar-refractivity contribution in [2.45, 2.75) is 125 Å². The third kappa shape index (κ3) is 7.29. The molecule has 5 aliphatic rings. The van der Waals surface area contributed by atoms with E-state index < -0.39 is 18.8 Å². The van der Waals surface area contributed by atoms with Crippen LogP contribution in [0.5, 0.6) is 11.5 Å². The van der Waals surface area contributed by atoms with Crippen molar-refractivity contribution in [2.24, 2.45) is 56.7 Å². The van der Waals surface area contributed by atoms with Crippen LogP contribution < -0.4 is 14.4 Å². The maximum Gasteiger partial charge on any atom is 0.457 e. The molecule has 8 rings (SSSR count). The second-order valence-electron chi connectivity index (χ2n) is 20.7. The summed E-state index contributed by atoms with van der Waals surface area (Å²) >= 11 is 13.4. The van der Waals surface area contributed by atoms with Crippen LogP contribution in [0.25, 0.3) is 0 Å². The number of allylic oxidation sites excluding steroid dienone is 2. The van der Waals surface area contributed by atoms with Gasteiger partial charge in [0.25, 0.3) is 0 Å². The molecule has 0 heterocycles. The van der Waals surface area contributed by atoms with Crippen molar-refractivity contribution in [2.75, 3.05) is 0 Å². The zero-order valence-corrected chi connectivity index (χ0v) is 39.5. The Labute approximate surface area is 373 Å². The first-order chi connectivity index (χ1) is 28.8. The smallest absolute Gasteiger partial charge is 0.457 e. The second-order valence-corrected chi connectivity index (χ2v) is 23.5. The van der Waals surface area contributed by atoms with Gasteiger partial charge in [-0.3, -0.25) is 9.59 Å². The van der Waals surface area contributed by atoms with Gasteiger partial charge in [0.2, 0.25) is 5.91 Å². The predicted molar refractivity (Wildman–Crippen MR) is 244 cm³/mol. The summed E-state index contributed by atoms with van der Waals surface area (Å²) < 4.78 is 34.6. The van der Waals surface area contributed by atoms with E-state index in [0.29, 0.717) is 46.3 Å². The lowest BCUT2D eigenvalue weighted by molar-refractivity contribution is -0.212. The van der Waals surface area contributed by atoms with Crippen LogP contribution in [0.2, 0.25) is 10.0 Å². The normalized spacial score (nSPS) is 35.7. The molecule has 11 atom stereocenters. The molecule has 7 nitrogen and oxygen atoms in total. The number of esters is 1. The summed E-state index contributed by atoms with van der Waals surface area (Å²) in [7, 11) is -4.34. The van der Waals surface area contributed by atoms with Gasteiger partial charge in [0.05, 0.1) is 5.41 Å². The summed E-state index contributed by atoms with van der Waals surface area (Å²) in [6.45, 7) is 18.5. The van der Waals surface area contributed by atoms with Crippen molar-refractivity contribution in [3.8, 4) is 11.5 Å². The number of hydrogen-bond acceptors (Lipinski definition) is 6. The summed E-state index contributed by atoms with van der Waals surface area (Å²) in [5.41, 5.74) is 0.928. The Hall–Kier alpha value is -3.25. The Kier molecular flexibility index (Phi) is 11.7. The molecule has 1 unspecified atom stereocenters. The fourth-order valence-corrected chi connectivity index (χ4v) is 16.5. The monoisotopic (exact) mass is 887 g/mol. The van der Waals surface area contributed by atoms with Crippen LogP contribution in [0.1, 0.15) is 125 Å². The number of carbonyl (C=O) groups is 2. The summed E-state index contributed by atoms with van der Waals surface area (Å²) in [6, 6.07) is 22.9. The SMILES string of the molecule is CC(=O)O[C@H]1CC[C@]2(C)[C@H]3CC=C4[C@@H]5[C@@H](C)[C@H](C)CC[C@]5(C(=O)NC(c5ccc(Cl)cc5Cl)P(=O)(Oc5ccccc5)Oc5ccccc5)CC[C@@]4(C)[C@]3(C)CC[C@H]2C1(C)C. The van der Waals surface area contributed by atoms with Gasteiger partial charge in [0.15, 0.2) is 5.78 Å². The average Bonchev–Trinajstić information content (AvgIpc) is 3.20. The number of para-hydroxylation sites is 2. The molecule has 0 bridgehead atoms. The van der Waals surface area contributed by atoms with Gasteiger partial charge in [0.1, 0.15) is 17.6 Å². The second kappa shape index (κ2) is 16.1. The molecule has 10 heteroatoms. The highest BCUT2D eigenvalue weighted by Gasteiger charge is 2.70. The molecule has 0 radical (unpaired) electrons. The molecule has 3 aromatic carbocycles. The standard InChI is InChI=1S/C51H64Cl2NO6P/c1-32-23-28-51(46(56)54-45(38-20-19-35(52)31-40(38)53)61(57,59-36-15-11-9-12-16-36)60-37-17-13-10-14-18-37)30-29-49(7)39(44(51)33(32)2)21-22-42-48(6)26-25-43(58-34(3)55)47(4,5)41(48)24-27-50(42,49)8/h9-21,31-33,41-45H,22-30H2,1-8H3,(H,54,56)/t32-,33+,41+,42-,43+,44+,45?,48+,49-,50-,51+/m1/s1. The Morgan fingerprint density at radius 3 is 2.03 bits per heavy atom. The van der Waals surface area contributed by atoms with E-state index in [4.69, 9.17) is 37.0 Å². The lowest BCUT2D eigenvalue weighted by atomic mass is 9.33. The molecule has 0 spiro atoms. The van der Waals surface area contributed by atoms with Gasteiger partial charge in [-0.15, -0.1) is 0 Å². The number of hydrogen-bond donors (Lipinski definition) is 1. The Bertz CT molecular complexity index is 2190. The summed E-state index contributed by atoms with van der Waals surface area (Å²) in [4.78, 5) is 28.0. The van der Waals surface area contributed by atoms with Crippen molar-refractivity contribution in [3.05, 3.63) is 106 Å². The fourth-order valence-electron chi connectivity index (χ4n) is 14.0. The maximum atomic E-state index is 15.8. The highest BCUT2D eigenvalue weighted by Crippen LogP contribution is 2.76. The zero-order valence-electron chi connectivity index (χ0n) is 37.1. The highest BCUT2D eigenvalue weighted by atomic mass is 35.5. The van der Waals surface area contributed by atoms with E-state index >= 15 is 9.36 Å². The topological polar surface area (TPSA) is 90.9 Å². The predicted octanol–water partition coefficient (Wildman–Crippen LogP) is 14.0. The average molecular weight is 889 g/mol. The van der Waals surface area contributed by atoms with E-state index in [1.807, 2.05) is 36.4 Å². The fraction of sp³-hybridized carbons (Fsp3) is 0.569. The molecule has 0 saturated heterocycles. The van der Waals surface area contributed by atoms with E-state index in [0.717, 1.165) is 51.4 Å². The number of nitrogens with one attached hydrogen (secondary N) is 1. The maximum absolute atomic E-state index is 15.8. The third-order valence-electron chi connectivity index (χ3n) is 17.5. The summed E-state index contributed by atoms with van der Waals surface area (Å²) in [5.74, 6) is 0.625. The lowest BCUT2D eigenvalue weighted by Crippen LogP contribution is -2.66. The van der Waals surface area contributed by atoms with Gasteiger partial charge in [-0.1, -0.05) is 126 Å².